The topological polar surface area (TPSA) is 64.4 Å². The molecule has 0 unspecified atom stereocenters. The SMILES string of the molecule is NCCCCCCCCC(=O)NC[C@H]1CCCO1. The lowest BCUT2D eigenvalue weighted by atomic mass is 10.1. The number of hydrogen-bond acceptors (Lipinski definition) is 3. The van der Waals surface area contributed by atoms with E-state index in [0.29, 0.717) is 13.0 Å². The highest BCUT2D eigenvalue weighted by molar-refractivity contribution is 5.75. The lowest BCUT2D eigenvalue weighted by Gasteiger charge is -2.10. The van der Waals surface area contributed by atoms with Crippen LogP contribution in [-0.2, 0) is 9.53 Å². The summed E-state index contributed by atoms with van der Waals surface area (Å²) in [6.07, 6.45) is 10.1. The van der Waals surface area contributed by atoms with Crippen LogP contribution in [0, 0.1) is 0 Å². The Morgan fingerprint density at radius 2 is 1.89 bits per heavy atom. The minimum absolute atomic E-state index is 0.174. The van der Waals surface area contributed by atoms with E-state index in [-0.39, 0.29) is 12.0 Å². The Bertz CT molecular complexity index is 216. The summed E-state index contributed by atoms with van der Waals surface area (Å²) < 4.78 is 5.46. The van der Waals surface area contributed by atoms with Gasteiger partial charge in [-0.1, -0.05) is 25.7 Å². The van der Waals surface area contributed by atoms with Gasteiger partial charge in [0.15, 0.2) is 0 Å². The van der Waals surface area contributed by atoms with Gasteiger partial charge in [0.1, 0.15) is 0 Å². The molecule has 0 bridgehead atoms. The fourth-order valence-electron chi connectivity index (χ4n) is 2.26. The predicted octanol–water partition coefficient (Wildman–Crippen LogP) is 1.97. The molecule has 4 heteroatoms. The van der Waals surface area contributed by atoms with Crippen LogP contribution in [0.2, 0.25) is 0 Å². The molecule has 0 radical (unpaired) electrons. The zero-order valence-electron chi connectivity index (χ0n) is 11.5. The van der Waals surface area contributed by atoms with Crippen LogP contribution in [0.4, 0.5) is 0 Å². The maximum atomic E-state index is 11.6. The van der Waals surface area contributed by atoms with Crippen molar-refractivity contribution in [2.45, 2.75) is 63.9 Å². The summed E-state index contributed by atoms with van der Waals surface area (Å²) in [5.41, 5.74) is 5.43. The number of rotatable bonds is 10. The molecule has 1 fully saturated rings. The van der Waals surface area contributed by atoms with E-state index >= 15 is 0 Å². The molecule has 1 atom stereocenters. The van der Waals surface area contributed by atoms with Gasteiger partial charge in [-0.15, -0.1) is 0 Å². The number of carbonyl (C=O) groups excluding carboxylic acids is 1. The molecule has 0 aliphatic carbocycles. The number of nitrogens with two attached hydrogens (primary N) is 1. The molecule has 106 valence electrons. The largest absolute Gasteiger partial charge is 0.376 e. The third-order valence-corrected chi connectivity index (χ3v) is 3.41. The molecule has 1 amide bonds. The first-order chi connectivity index (χ1) is 8.83. The Kier molecular flexibility index (Phi) is 8.86. The van der Waals surface area contributed by atoms with E-state index in [4.69, 9.17) is 10.5 Å². The first kappa shape index (κ1) is 15.4. The quantitative estimate of drug-likeness (QED) is 0.587. The molecule has 1 saturated heterocycles. The van der Waals surface area contributed by atoms with Crippen LogP contribution in [-0.4, -0.2) is 31.7 Å². The summed E-state index contributed by atoms with van der Waals surface area (Å²) >= 11 is 0. The summed E-state index contributed by atoms with van der Waals surface area (Å²) in [5.74, 6) is 0.174. The van der Waals surface area contributed by atoms with Crippen LogP contribution < -0.4 is 11.1 Å². The number of amides is 1. The molecule has 1 aliphatic rings. The van der Waals surface area contributed by atoms with Crippen molar-refractivity contribution in [2.24, 2.45) is 5.73 Å². The highest BCUT2D eigenvalue weighted by atomic mass is 16.5. The van der Waals surface area contributed by atoms with Crippen molar-refractivity contribution in [2.75, 3.05) is 19.7 Å². The number of hydrogen-bond donors (Lipinski definition) is 2. The Labute approximate surface area is 111 Å². The van der Waals surface area contributed by atoms with Crippen molar-refractivity contribution >= 4 is 5.91 Å². The zero-order chi connectivity index (χ0) is 13.1. The Morgan fingerprint density at radius 1 is 1.17 bits per heavy atom. The predicted molar refractivity (Wildman–Crippen MR) is 73.4 cm³/mol. The van der Waals surface area contributed by atoms with E-state index < -0.39 is 0 Å². The van der Waals surface area contributed by atoms with Crippen molar-refractivity contribution in [1.29, 1.82) is 0 Å². The molecule has 0 aromatic heterocycles. The van der Waals surface area contributed by atoms with Gasteiger partial charge in [0.25, 0.3) is 0 Å². The Morgan fingerprint density at radius 3 is 2.56 bits per heavy atom. The van der Waals surface area contributed by atoms with E-state index in [1.807, 2.05) is 0 Å². The summed E-state index contributed by atoms with van der Waals surface area (Å²) in [7, 11) is 0. The summed E-state index contributed by atoms with van der Waals surface area (Å²) in [6.45, 7) is 2.34. The smallest absolute Gasteiger partial charge is 0.220 e. The second-order valence-electron chi connectivity index (χ2n) is 5.10. The molecule has 0 spiro atoms. The third-order valence-electron chi connectivity index (χ3n) is 3.41. The summed E-state index contributed by atoms with van der Waals surface area (Å²) in [5, 5.41) is 2.96. The highest BCUT2D eigenvalue weighted by Gasteiger charge is 2.15. The van der Waals surface area contributed by atoms with Crippen LogP contribution in [0.25, 0.3) is 0 Å². The molecule has 1 rings (SSSR count). The standard InChI is InChI=1S/C14H28N2O2/c15-10-6-4-2-1-3-5-9-14(17)16-12-13-8-7-11-18-13/h13H,1-12,15H2,(H,16,17)/t13-/m1/s1. The summed E-state index contributed by atoms with van der Waals surface area (Å²) in [6, 6.07) is 0. The molecule has 4 nitrogen and oxygen atoms in total. The fraction of sp³-hybridized carbons (Fsp3) is 0.929. The van der Waals surface area contributed by atoms with Crippen LogP contribution in [0.5, 0.6) is 0 Å². The highest BCUT2D eigenvalue weighted by Crippen LogP contribution is 2.11. The number of carbonyl (C=O) groups is 1. The molecule has 1 heterocycles. The van der Waals surface area contributed by atoms with Crippen molar-refractivity contribution in [3.8, 4) is 0 Å². The van der Waals surface area contributed by atoms with E-state index in [1.54, 1.807) is 0 Å². The first-order valence-electron chi connectivity index (χ1n) is 7.41. The maximum Gasteiger partial charge on any atom is 0.220 e. The molecule has 0 aromatic rings. The van der Waals surface area contributed by atoms with Gasteiger partial charge in [0.2, 0.25) is 5.91 Å². The van der Waals surface area contributed by atoms with Gasteiger partial charge in [-0.3, -0.25) is 4.79 Å². The van der Waals surface area contributed by atoms with E-state index in [9.17, 15) is 4.79 Å². The molecule has 3 N–H and O–H groups in total. The van der Waals surface area contributed by atoms with Crippen molar-refractivity contribution < 1.29 is 9.53 Å². The summed E-state index contributed by atoms with van der Waals surface area (Å²) in [4.78, 5) is 11.6. The van der Waals surface area contributed by atoms with Crippen LogP contribution in [0.15, 0.2) is 0 Å². The number of unbranched alkanes of at least 4 members (excludes halogenated alkanes) is 5. The van der Waals surface area contributed by atoms with Crippen LogP contribution in [0.1, 0.15) is 57.8 Å². The van der Waals surface area contributed by atoms with Gasteiger partial charge >= 0.3 is 0 Å². The van der Waals surface area contributed by atoms with E-state index in [1.165, 1.54) is 19.3 Å². The Balaban J connectivity index is 1.84. The molecular formula is C14H28N2O2. The number of ether oxygens (including phenoxy) is 1. The van der Waals surface area contributed by atoms with Gasteiger partial charge in [0, 0.05) is 19.6 Å². The van der Waals surface area contributed by atoms with Crippen molar-refractivity contribution in [3.63, 3.8) is 0 Å². The Hall–Kier alpha value is -0.610. The minimum atomic E-state index is 0.174. The fourth-order valence-corrected chi connectivity index (χ4v) is 2.26. The zero-order valence-corrected chi connectivity index (χ0v) is 11.5. The number of nitrogens with one attached hydrogen (secondary N) is 1. The van der Waals surface area contributed by atoms with Crippen molar-refractivity contribution in [1.82, 2.24) is 5.32 Å². The molecular weight excluding hydrogens is 228 g/mol. The monoisotopic (exact) mass is 256 g/mol. The third kappa shape index (κ3) is 7.67. The van der Waals surface area contributed by atoms with Gasteiger partial charge in [-0.2, -0.15) is 0 Å². The molecule has 18 heavy (non-hydrogen) atoms. The van der Waals surface area contributed by atoms with Gasteiger partial charge < -0.3 is 15.8 Å². The van der Waals surface area contributed by atoms with Gasteiger partial charge in [-0.25, -0.2) is 0 Å². The van der Waals surface area contributed by atoms with Crippen LogP contribution in [0.3, 0.4) is 0 Å². The average molecular weight is 256 g/mol. The van der Waals surface area contributed by atoms with Gasteiger partial charge in [0.05, 0.1) is 6.10 Å². The molecule has 0 aromatic carbocycles. The van der Waals surface area contributed by atoms with Crippen LogP contribution >= 0.6 is 0 Å². The van der Waals surface area contributed by atoms with E-state index in [2.05, 4.69) is 5.32 Å². The lowest BCUT2D eigenvalue weighted by Crippen LogP contribution is -2.31. The lowest BCUT2D eigenvalue weighted by molar-refractivity contribution is -0.121. The van der Waals surface area contributed by atoms with Crippen molar-refractivity contribution in [3.05, 3.63) is 0 Å². The van der Waals surface area contributed by atoms with E-state index in [0.717, 1.165) is 45.3 Å². The maximum absolute atomic E-state index is 11.6. The van der Waals surface area contributed by atoms with Gasteiger partial charge in [-0.05, 0) is 32.2 Å². The second-order valence-corrected chi connectivity index (χ2v) is 5.10. The normalized spacial score (nSPS) is 19.1. The molecule has 1 aliphatic heterocycles. The first-order valence-corrected chi connectivity index (χ1v) is 7.41. The minimum Gasteiger partial charge on any atom is -0.376 e. The second kappa shape index (κ2) is 10.3. The molecule has 0 saturated carbocycles. The average Bonchev–Trinajstić information content (AvgIpc) is 2.88.